The van der Waals surface area contributed by atoms with Gasteiger partial charge in [-0.2, -0.15) is 0 Å². The van der Waals surface area contributed by atoms with E-state index in [4.69, 9.17) is 9.26 Å². The third kappa shape index (κ3) is 2.72. The molecule has 0 N–H and O–H groups in total. The molecule has 0 amide bonds. The normalized spacial score (nSPS) is 30.4. The van der Waals surface area contributed by atoms with Crippen molar-refractivity contribution in [2.24, 2.45) is 0 Å². The fourth-order valence-electron chi connectivity index (χ4n) is 7.39. The number of nitrogens with zero attached hydrogens (tertiary/aromatic N) is 10. The molecule has 4 aliphatic heterocycles. The van der Waals surface area contributed by atoms with E-state index in [9.17, 15) is 0 Å². The fourth-order valence-corrected chi connectivity index (χ4v) is 7.39. The SMILES string of the molecule is C1CCC(N2CN3c4nonc4N4CN(C5CCCCC5)CN5c6nonc6N(C2)C3C45)CC1. The molecule has 8 rings (SSSR count). The van der Waals surface area contributed by atoms with Gasteiger partial charge < -0.3 is 19.6 Å². The molecule has 2 saturated heterocycles. The summed E-state index contributed by atoms with van der Waals surface area (Å²) < 4.78 is 10.7. The largest absolute Gasteiger partial charge is 0.313 e. The van der Waals surface area contributed by atoms with Crippen molar-refractivity contribution in [2.45, 2.75) is 88.6 Å². The third-order valence-corrected chi connectivity index (χ3v) is 9.06. The molecule has 2 aromatic heterocycles. The van der Waals surface area contributed by atoms with Gasteiger partial charge in [0.25, 0.3) is 0 Å². The van der Waals surface area contributed by atoms with Crippen molar-refractivity contribution >= 4 is 23.3 Å². The van der Waals surface area contributed by atoms with Gasteiger partial charge in [-0.25, -0.2) is 9.26 Å². The second-order valence-corrected chi connectivity index (χ2v) is 10.9. The molecule has 0 bridgehead atoms. The predicted molar refractivity (Wildman–Crippen MR) is 123 cm³/mol. The molecular weight excluding hydrogens is 436 g/mol. The molecule has 12 heteroatoms. The van der Waals surface area contributed by atoms with Crippen molar-refractivity contribution in [1.29, 1.82) is 0 Å². The summed E-state index contributed by atoms with van der Waals surface area (Å²) in [6.45, 7) is 3.33. The lowest BCUT2D eigenvalue weighted by molar-refractivity contribution is 0.0851. The highest BCUT2D eigenvalue weighted by Crippen LogP contribution is 2.49. The van der Waals surface area contributed by atoms with Crippen molar-refractivity contribution in [3.63, 3.8) is 0 Å². The average Bonchev–Trinajstić information content (AvgIpc) is 3.59. The van der Waals surface area contributed by atoms with Crippen LogP contribution in [0.15, 0.2) is 9.26 Å². The quantitative estimate of drug-likeness (QED) is 0.646. The first kappa shape index (κ1) is 19.7. The third-order valence-electron chi connectivity index (χ3n) is 9.06. The molecule has 12 nitrogen and oxygen atoms in total. The maximum Gasteiger partial charge on any atom is 0.220 e. The molecule has 6 aliphatic rings. The van der Waals surface area contributed by atoms with Crippen LogP contribution in [0.2, 0.25) is 0 Å². The lowest BCUT2D eigenvalue weighted by Gasteiger charge is -2.63. The van der Waals surface area contributed by atoms with Crippen LogP contribution in [-0.2, 0) is 0 Å². The van der Waals surface area contributed by atoms with Gasteiger partial charge in [-0.1, -0.05) is 38.5 Å². The van der Waals surface area contributed by atoms with Crippen molar-refractivity contribution < 1.29 is 9.26 Å². The van der Waals surface area contributed by atoms with Gasteiger partial charge in [0.2, 0.25) is 23.3 Å². The smallest absolute Gasteiger partial charge is 0.220 e. The maximum atomic E-state index is 5.37. The van der Waals surface area contributed by atoms with Gasteiger partial charge in [-0.3, -0.25) is 9.80 Å². The molecule has 182 valence electrons. The van der Waals surface area contributed by atoms with Crippen LogP contribution in [0.1, 0.15) is 64.2 Å². The predicted octanol–water partition coefficient (Wildman–Crippen LogP) is 2.18. The van der Waals surface area contributed by atoms with E-state index in [0.29, 0.717) is 12.1 Å². The summed E-state index contributed by atoms with van der Waals surface area (Å²) in [7, 11) is 0. The Morgan fingerprint density at radius 2 is 0.794 bits per heavy atom. The molecule has 2 aromatic rings. The zero-order valence-electron chi connectivity index (χ0n) is 19.5. The lowest BCUT2D eigenvalue weighted by atomic mass is 9.93. The van der Waals surface area contributed by atoms with Gasteiger partial charge in [0, 0.05) is 12.1 Å². The summed E-state index contributed by atoms with van der Waals surface area (Å²) in [4.78, 5) is 14.7. The minimum absolute atomic E-state index is 0.0622. The second-order valence-electron chi connectivity index (χ2n) is 10.9. The van der Waals surface area contributed by atoms with Crippen LogP contribution in [-0.4, -0.2) is 81.5 Å². The number of hydrogen-bond acceptors (Lipinski definition) is 12. The lowest BCUT2D eigenvalue weighted by Crippen LogP contribution is -2.80. The van der Waals surface area contributed by atoms with Crippen LogP contribution in [0, 0.1) is 0 Å². The van der Waals surface area contributed by atoms with Crippen LogP contribution >= 0.6 is 0 Å². The molecule has 4 fully saturated rings. The Kier molecular flexibility index (Phi) is 4.31. The number of anilines is 4. The molecule has 2 aliphatic carbocycles. The molecule has 0 aromatic carbocycles. The molecule has 0 spiro atoms. The minimum Gasteiger partial charge on any atom is -0.313 e. The summed E-state index contributed by atoms with van der Waals surface area (Å²) >= 11 is 0. The Labute approximate surface area is 198 Å². The van der Waals surface area contributed by atoms with Gasteiger partial charge in [-0.15, -0.1) is 0 Å². The summed E-state index contributed by atoms with van der Waals surface area (Å²) in [6.07, 6.45) is 13.0. The summed E-state index contributed by atoms with van der Waals surface area (Å²) in [5.41, 5.74) is 0. The van der Waals surface area contributed by atoms with E-state index in [1.54, 1.807) is 0 Å². The second kappa shape index (κ2) is 7.45. The van der Waals surface area contributed by atoms with Gasteiger partial charge in [0.05, 0.1) is 26.7 Å². The summed E-state index contributed by atoms with van der Waals surface area (Å²) in [6, 6.07) is 1.15. The highest BCUT2D eigenvalue weighted by molar-refractivity contribution is 5.76. The number of aromatic nitrogens is 4. The number of rotatable bonds is 2. The Morgan fingerprint density at radius 3 is 1.12 bits per heavy atom. The summed E-state index contributed by atoms with van der Waals surface area (Å²) in [5.74, 6) is 3.38. The summed E-state index contributed by atoms with van der Waals surface area (Å²) in [5, 5.41) is 17.7. The first-order chi connectivity index (χ1) is 16.9. The average molecular weight is 469 g/mol. The van der Waals surface area contributed by atoms with Gasteiger partial charge in [0.1, 0.15) is 12.3 Å². The van der Waals surface area contributed by atoms with Crippen molar-refractivity contribution in [1.82, 2.24) is 30.4 Å². The Morgan fingerprint density at radius 1 is 0.471 bits per heavy atom. The zero-order valence-corrected chi connectivity index (χ0v) is 19.5. The first-order valence-corrected chi connectivity index (χ1v) is 13.1. The van der Waals surface area contributed by atoms with E-state index in [-0.39, 0.29) is 12.3 Å². The van der Waals surface area contributed by atoms with E-state index >= 15 is 0 Å². The van der Waals surface area contributed by atoms with E-state index in [1.165, 1.54) is 64.2 Å². The monoisotopic (exact) mass is 468 g/mol. The highest BCUT2D eigenvalue weighted by Gasteiger charge is 2.58. The van der Waals surface area contributed by atoms with Gasteiger partial charge in [-0.05, 0) is 46.3 Å². The van der Waals surface area contributed by atoms with E-state index in [2.05, 4.69) is 50.0 Å². The molecule has 6 heterocycles. The Balaban J connectivity index is 1.22. The first-order valence-electron chi connectivity index (χ1n) is 13.1. The van der Waals surface area contributed by atoms with Crippen LogP contribution in [0.3, 0.4) is 0 Å². The van der Waals surface area contributed by atoms with E-state index in [1.807, 2.05) is 0 Å². The topological polar surface area (TPSA) is 97.3 Å². The Hall–Kier alpha value is -2.60. The molecular formula is C22H32N10O2. The molecule has 0 radical (unpaired) electrons. The van der Waals surface area contributed by atoms with Crippen LogP contribution in [0.25, 0.3) is 0 Å². The number of fused-ring (bicyclic) bond motifs is 6. The highest BCUT2D eigenvalue weighted by atomic mass is 16.6. The molecule has 2 saturated carbocycles. The molecule has 34 heavy (non-hydrogen) atoms. The van der Waals surface area contributed by atoms with Gasteiger partial charge in [0.15, 0.2) is 0 Å². The minimum atomic E-state index is 0.0622. The van der Waals surface area contributed by atoms with Crippen molar-refractivity contribution in [3.05, 3.63) is 0 Å². The fraction of sp³-hybridized carbons (Fsp3) is 0.818. The Bertz CT molecular complexity index is 907. The van der Waals surface area contributed by atoms with Gasteiger partial charge >= 0.3 is 0 Å². The van der Waals surface area contributed by atoms with Crippen molar-refractivity contribution in [3.8, 4) is 0 Å². The zero-order chi connectivity index (χ0) is 22.2. The van der Waals surface area contributed by atoms with E-state index in [0.717, 1.165) is 49.9 Å². The number of hydrogen-bond donors (Lipinski definition) is 0. The standard InChI is InChI=1S/C22H32N10O2/c1-3-7-15(8-4-1)27-11-29-17-19(25-33-23-17)31-13-28(16-9-5-2-6-10-16)14-32-20-18(24-34-26-20)30(12-27)21(29)22(31)32/h15-16,21-22H,1-14H2. The van der Waals surface area contributed by atoms with Crippen molar-refractivity contribution in [2.75, 3.05) is 46.3 Å². The van der Waals surface area contributed by atoms with Crippen LogP contribution in [0.5, 0.6) is 0 Å². The molecule has 0 atom stereocenters. The van der Waals surface area contributed by atoms with Crippen LogP contribution in [0.4, 0.5) is 23.3 Å². The maximum absolute atomic E-state index is 5.37. The van der Waals surface area contributed by atoms with E-state index < -0.39 is 0 Å². The molecule has 0 unspecified atom stereocenters. The van der Waals surface area contributed by atoms with Crippen LogP contribution < -0.4 is 19.6 Å².